The van der Waals surface area contributed by atoms with Crippen LogP contribution in [-0.4, -0.2) is 39.7 Å². The Kier molecular flexibility index (Phi) is 8.68. The first kappa shape index (κ1) is 19.8. The van der Waals surface area contributed by atoms with Crippen molar-refractivity contribution in [2.75, 3.05) is 27.9 Å². The lowest BCUT2D eigenvalue weighted by Gasteiger charge is -2.15. The number of unbranched alkanes of at least 4 members (excludes halogenated alkanes) is 2. The highest BCUT2D eigenvalue weighted by Crippen LogP contribution is 2.40. The molecule has 0 aliphatic heterocycles. The molecule has 6 heteroatoms. The average molecular weight is 338 g/mol. The summed E-state index contributed by atoms with van der Waals surface area (Å²) in [6.45, 7) is 2.18. The minimum atomic E-state index is -0.189. The van der Waals surface area contributed by atoms with E-state index in [9.17, 15) is 9.59 Å². The van der Waals surface area contributed by atoms with Crippen LogP contribution in [0.4, 0.5) is 0 Å². The van der Waals surface area contributed by atoms with Gasteiger partial charge < -0.3 is 18.9 Å². The van der Waals surface area contributed by atoms with Gasteiger partial charge in [0.25, 0.3) is 0 Å². The number of esters is 1. The molecule has 0 N–H and O–H groups in total. The molecule has 0 aliphatic rings. The lowest BCUT2D eigenvalue weighted by molar-refractivity contribution is -0.143. The molecule has 0 fully saturated rings. The van der Waals surface area contributed by atoms with Gasteiger partial charge in [0.05, 0.1) is 33.5 Å². The van der Waals surface area contributed by atoms with Crippen molar-refractivity contribution in [2.24, 2.45) is 0 Å². The summed E-state index contributed by atoms with van der Waals surface area (Å²) in [4.78, 5) is 23.7. The highest BCUT2D eigenvalue weighted by atomic mass is 16.5. The van der Waals surface area contributed by atoms with Gasteiger partial charge in [-0.05, 0) is 31.9 Å². The third-order valence-corrected chi connectivity index (χ3v) is 3.59. The minimum Gasteiger partial charge on any atom is -0.493 e. The molecule has 0 aromatic heterocycles. The molecule has 6 nitrogen and oxygen atoms in total. The summed E-state index contributed by atoms with van der Waals surface area (Å²) >= 11 is 0. The van der Waals surface area contributed by atoms with E-state index in [1.165, 1.54) is 21.3 Å². The number of hydrogen-bond acceptors (Lipinski definition) is 6. The minimum absolute atomic E-state index is 0.0241. The Labute approximate surface area is 143 Å². The summed E-state index contributed by atoms with van der Waals surface area (Å²) in [6.07, 6.45) is 2.99. The zero-order valence-corrected chi connectivity index (χ0v) is 14.8. The molecule has 1 aromatic rings. The Balaban J connectivity index is 2.60. The van der Waals surface area contributed by atoms with Crippen molar-refractivity contribution in [3.05, 3.63) is 17.7 Å². The topological polar surface area (TPSA) is 71.1 Å². The molecule has 1 rings (SSSR count). The molecular weight excluding hydrogens is 312 g/mol. The maximum absolute atomic E-state index is 12.4. The van der Waals surface area contributed by atoms with Gasteiger partial charge in [-0.2, -0.15) is 0 Å². The number of rotatable bonds is 11. The van der Waals surface area contributed by atoms with Crippen LogP contribution in [0, 0.1) is 0 Å². The van der Waals surface area contributed by atoms with Gasteiger partial charge >= 0.3 is 5.97 Å². The number of methoxy groups -OCH3 is 3. The first-order valence-corrected chi connectivity index (χ1v) is 8.06. The predicted molar refractivity (Wildman–Crippen MR) is 90.1 cm³/mol. The van der Waals surface area contributed by atoms with Gasteiger partial charge in [0.2, 0.25) is 5.75 Å². The Morgan fingerprint density at radius 3 is 2.12 bits per heavy atom. The monoisotopic (exact) mass is 338 g/mol. The number of Topliss-reactive ketones (excluding diaryl/α,β-unsaturated/α-hetero) is 1. The summed E-state index contributed by atoms with van der Waals surface area (Å²) in [5, 5.41) is 0. The van der Waals surface area contributed by atoms with E-state index in [4.69, 9.17) is 18.9 Å². The largest absolute Gasteiger partial charge is 0.493 e. The molecule has 134 valence electrons. The first-order chi connectivity index (χ1) is 11.6. The standard InChI is InChI=1S/C18H26O6/c1-5-24-16(20)10-8-6-7-9-14(19)13-11-12-15(21-2)18(23-4)17(13)22-3/h11-12H,5-10H2,1-4H3. The van der Waals surface area contributed by atoms with E-state index >= 15 is 0 Å². The normalized spacial score (nSPS) is 10.2. The van der Waals surface area contributed by atoms with Crippen LogP contribution in [0.3, 0.4) is 0 Å². The average Bonchev–Trinajstić information content (AvgIpc) is 2.59. The smallest absolute Gasteiger partial charge is 0.305 e. The van der Waals surface area contributed by atoms with Crippen molar-refractivity contribution in [1.82, 2.24) is 0 Å². The Morgan fingerprint density at radius 2 is 1.54 bits per heavy atom. The summed E-state index contributed by atoms with van der Waals surface area (Å²) < 4.78 is 20.7. The second-order valence-corrected chi connectivity index (χ2v) is 5.17. The van der Waals surface area contributed by atoms with Gasteiger partial charge in [-0.25, -0.2) is 0 Å². The number of benzene rings is 1. The molecule has 0 aliphatic carbocycles. The van der Waals surface area contributed by atoms with E-state index in [1.54, 1.807) is 19.1 Å². The van der Waals surface area contributed by atoms with Crippen molar-refractivity contribution in [2.45, 2.75) is 39.0 Å². The predicted octanol–water partition coefficient (Wildman–Crippen LogP) is 3.41. The third kappa shape index (κ3) is 5.44. The fraction of sp³-hybridized carbons (Fsp3) is 0.556. The molecule has 0 bridgehead atoms. The van der Waals surface area contributed by atoms with Crippen molar-refractivity contribution in [3.8, 4) is 17.2 Å². The summed E-state index contributed by atoms with van der Waals surface area (Å²) in [6, 6.07) is 3.37. The molecule has 0 spiro atoms. The molecule has 0 saturated heterocycles. The van der Waals surface area contributed by atoms with Crippen LogP contribution in [0.5, 0.6) is 17.2 Å². The van der Waals surface area contributed by atoms with E-state index in [0.29, 0.717) is 48.7 Å². The van der Waals surface area contributed by atoms with Crippen molar-refractivity contribution < 1.29 is 28.5 Å². The Hall–Kier alpha value is -2.24. The maximum Gasteiger partial charge on any atom is 0.305 e. The molecule has 0 unspecified atom stereocenters. The molecular formula is C18H26O6. The lowest BCUT2D eigenvalue weighted by atomic mass is 10.0. The van der Waals surface area contributed by atoms with Gasteiger partial charge in [0.1, 0.15) is 0 Å². The number of hydrogen-bond donors (Lipinski definition) is 0. The molecule has 1 aromatic carbocycles. The van der Waals surface area contributed by atoms with Gasteiger partial charge in [-0.15, -0.1) is 0 Å². The quantitative estimate of drug-likeness (QED) is 0.350. The zero-order chi connectivity index (χ0) is 17.9. The van der Waals surface area contributed by atoms with Gasteiger partial charge in [0.15, 0.2) is 17.3 Å². The molecule has 24 heavy (non-hydrogen) atoms. The second kappa shape index (κ2) is 10.5. The van der Waals surface area contributed by atoms with Crippen LogP contribution in [0.1, 0.15) is 49.4 Å². The van der Waals surface area contributed by atoms with E-state index in [1.807, 2.05) is 0 Å². The fourth-order valence-electron chi connectivity index (χ4n) is 2.42. The molecule has 0 amide bonds. The third-order valence-electron chi connectivity index (χ3n) is 3.59. The van der Waals surface area contributed by atoms with E-state index in [-0.39, 0.29) is 11.8 Å². The maximum atomic E-state index is 12.4. The Bertz CT molecular complexity index is 553. The summed E-state index contributed by atoms with van der Waals surface area (Å²) in [5.74, 6) is 1.09. The molecule has 0 heterocycles. The number of ether oxygens (including phenoxy) is 4. The highest BCUT2D eigenvalue weighted by Gasteiger charge is 2.20. The van der Waals surface area contributed by atoms with Gasteiger partial charge in [0, 0.05) is 12.8 Å². The van der Waals surface area contributed by atoms with E-state index < -0.39 is 0 Å². The van der Waals surface area contributed by atoms with Crippen molar-refractivity contribution >= 4 is 11.8 Å². The molecule has 0 saturated carbocycles. The van der Waals surface area contributed by atoms with Crippen LogP contribution in [-0.2, 0) is 9.53 Å². The second-order valence-electron chi connectivity index (χ2n) is 5.17. The van der Waals surface area contributed by atoms with Crippen molar-refractivity contribution in [3.63, 3.8) is 0 Å². The first-order valence-electron chi connectivity index (χ1n) is 8.06. The zero-order valence-electron chi connectivity index (χ0n) is 14.8. The number of carbonyl (C=O) groups is 2. The number of ketones is 1. The lowest BCUT2D eigenvalue weighted by Crippen LogP contribution is -2.05. The van der Waals surface area contributed by atoms with Crippen LogP contribution < -0.4 is 14.2 Å². The van der Waals surface area contributed by atoms with E-state index in [0.717, 1.165) is 12.8 Å². The summed E-state index contributed by atoms with van der Waals surface area (Å²) in [5.41, 5.74) is 0.473. The number of carbonyl (C=O) groups excluding carboxylic acids is 2. The molecule has 0 radical (unpaired) electrons. The fourth-order valence-corrected chi connectivity index (χ4v) is 2.42. The van der Waals surface area contributed by atoms with Crippen molar-refractivity contribution in [1.29, 1.82) is 0 Å². The van der Waals surface area contributed by atoms with Crippen LogP contribution in [0.15, 0.2) is 12.1 Å². The van der Waals surface area contributed by atoms with Crippen LogP contribution in [0.25, 0.3) is 0 Å². The molecule has 0 atom stereocenters. The van der Waals surface area contributed by atoms with Crippen LogP contribution >= 0.6 is 0 Å². The van der Waals surface area contributed by atoms with Gasteiger partial charge in [-0.3, -0.25) is 9.59 Å². The van der Waals surface area contributed by atoms with Gasteiger partial charge in [-0.1, -0.05) is 6.42 Å². The SMILES string of the molecule is CCOC(=O)CCCCCC(=O)c1ccc(OC)c(OC)c1OC. The highest BCUT2D eigenvalue weighted by molar-refractivity contribution is 5.99. The van der Waals surface area contributed by atoms with Crippen LogP contribution in [0.2, 0.25) is 0 Å². The van der Waals surface area contributed by atoms with E-state index in [2.05, 4.69) is 0 Å². The summed E-state index contributed by atoms with van der Waals surface area (Å²) in [7, 11) is 4.53. The Morgan fingerprint density at radius 1 is 0.875 bits per heavy atom.